The summed E-state index contributed by atoms with van der Waals surface area (Å²) in [5.41, 5.74) is 0. The van der Waals surface area contributed by atoms with Gasteiger partial charge in [-0.1, -0.05) is 18.2 Å². The van der Waals surface area contributed by atoms with Gasteiger partial charge >= 0.3 is 6.09 Å². The minimum Gasteiger partial charge on any atom is -0.410 e. The standard InChI is InChI=1S/C12H12N2O2S/c1-9-7-13-11(17-9)8-14-12(15)16-10-5-3-2-4-6-10/h2-7H,8H2,1H3,(H,14,15). The largest absolute Gasteiger partial charge is 0.412 e. The number of nitrogens with zero attached hydrogens (tertiary/aromatic N) is 1. The third-order valence-electron chi connectivity index (χ3n) is 2.01. The van der Waals surface area contributed by atoms with Gasteiger partial charge in [0.15, 0.2) is 0 Å². The number of carbonyl (C=O) groups excluding carboxylic acids is 1. The summed E-state index contributed by atoms with van der Waals surface area (Å²) in [6.45, 7) is 2.37. The number of hydrogen-bond donors (Lipinski definition) is 1. The van der Waals surface area contributed by atoms with Crippen LogP contribution in [0.2, 0.25) is 0 Å². The first-order valence-electron chi connectivity index (χ1n) is 5.16. The molecule has 5 heteroatoms. The third kappa shape index (κ3) is 3.57. The first kappa shape index (κ1) is 11.6. The molecule has 0 spiro atoms. The Morgan fingerprint density at radius 2 is 2.18 bits per heavy atom. The molecule has 0 saturated carbocycles. The summed E-state index contributed by atoms with van der Waals surface area (Å²) in [6, 6.07) is 8.95. The second-order valence-corrected chi connectivity index (χ2v) is 4.74. The van der Waals surface area contributed by atoms with Crippen LogP contribution in [0.3, 0.4) is 0 Å². The SMILES string of the molecule is Cc1cnc(CNC(=O)Oc2ccccc2)s1. The number of aromatic nitrogens is 1. The Labute approximate surface area is 103 Å². The van der Waals surface area contributed by atoms with E-state index in [1.165, 1.54) is 0 Å². The van der Waals surface area contributed by atoms with Gasteiger partial charge in [-0.05, 0) is 19.1 Å². The van der Waals surface area contributed by atoms with E-state index in [9.17, 15) is 4.79 Å². The van der Waals surface area contributed by atoms with E-state index in [1.807, 2.05) is 25.1 Å². The fourth-order valence-corrected chi connectivity index (χ4v) is 1.99. The molecule has 2 rings (SSSR count). The summed E-state index contributed by atoms with van der Waals surface area (Å²) in [5.74, 6) is 0.528. The molecule has 0 aliphatic rings. The van der Waals surface area contributed by atoms with E-state index in [0.717, 1.165) is 9.88 Å². The number of hydrogen-bond acceptors (Lipinski definition) is 4. The zero-order chi connectivity index (χ0) is 12.1. The Morgan fingerprint density at radius 1 is 1.41 bits per heavy atom. The van der Waals surface area contributed by atoms with Gasteiger partial charge in [0.1, 0.15) is 10.8 Å². The number of aryl methyl sites for hydroxylation is 1. The predicted molar refractivity (Wildman–Crippen MR) is 66.2 cm³/mol. The van der Waals surface area contributed by atoms with Crippen molar-refractivity contribution in [2.24, 2.45) is 0 Å². The maximum Gasteiger partial charge on any atom is 0.412 e. The van der Waals surface area contributed by atoms with Gasteiger partial charge in [0.05, 0.1) is 6.54 Å². The van der Waals surface area contributed by atoms with Crippen molar-refractivity contribution in [3.05, 3.63) is 46.4 Å². The Hall–Kier alpha value is -1.88. The number of amides is 1. The molecule has 1 amide bonds. The van der Waals surface area contributed by atoms with Crippen molar-refractivity contribution in [3.63, 3.8) is 0 Å². The summed E-state index contributed by atoms with van der Waals surface area (Å²) >= 11 is 1.55. The van der Waals surface area contributed by atoms with Gasteiger partial charge in [0.25, 0.3) is 0 Å². The maximum atomic E-state index is 11.4. The van der Waals surface area contributed by atoms with Gasteiger partial charge in [0, 0.05) is 11.1 Å². The molecule has 0 aliphatic carbocycles. The molecule has 0 unspecified atom stereocenters. The van der Waals surface area contributed by atoms with Crippen LogP contribution in [0, 0.1) is 6.92 Å². The molecule has 0 fully saturated rings. The lowest BCUT2D eigenvalue weighted by Gasteiger charge is -2.04. The van der Waals surface area contributed by atoms with Crippen molar-refractivity contribution in [3.8, 4) is 5.75 Å². The smallest absolute Gasteiger partial charge is 0.410 e. The van der Waals surface area contributed by atoms with Crippen LogP contribution in [0.25, 0.3) is 0 Å². The van der Waals surface area contributed by atoms with Crippen LogP contribution in [0.5, 0.6) is 5.75 Å². The number of thiazole rings is 1. The maximum absolute atomic E-state index is 11.4. The van der Waals surface area contributed by atoms with Crippen LogP contribution in [0.4, 0.5) is 4.79 Å². The molecule has 0 radical (unpaired) electrons. The second kappa shape index (κ2) is 5.45. The summed E-state index contributed by atoms with van der Waals surface area (Å²) in [4.78, 5) is 16.7. The van der Waals surface area contributed by atoms with Crippen molar-refractivity contribution >= 4 is 17.4 Å². The molecule has 1 aromatic carbocycles. The summed E-state index contributed by atoms with van der Waals surface area (Å²) in [7, 11) is 0. The molecular weight excluding hydrogens is 236 g/mol. The third-order valence-corrected chi connectivity index (χ3v) is 2.92. The first-order chi connectivity index (χ1) is 8.24. The van der Waals surface area contributed by atoms with Gasteiger partial charge in [-0.25, -0.2) is 9.78 Å². The van der Waals surface area contributed by atoms with Crippen LogP contribution in [-0.2, 0) is 6.54 Å². The van der Waals surface area contributed by atoms with E-state index < -0.39 is 6.09 Å². The van der Waals surface area contributed by atoms with Crippen molar-refractivity contribution in [1.29, 1.82) is 0 Å². The molecule has 0 saturated heterocycles. The lowest BCUT2D eigenvalue weighted by atomic mass is 10.3. The van der Waals surface area contributed by atoms with Crippen LogP contribution in [0.15, 0.2) is 36.5 Å². The molecule has 0 aliphatic heterocycles. The van der Waals surface area contributed by atoms with Crippen molar-refractivity contribution in [2.45, 2.75) is 13.5 Å². The molecule has 88 valence electrons. The van der Waals surface area contributed by atoms with Crippen molar-refractivity contribution in [1.82, 2.24) is 10.3 Å². The quantitative estimate of drug-likeness (QED) is 0.908. The monoisotopic (exact) mass is 248 g/mol. The van der Waals surface area contributed by atoms with E-state index in [0.29, 0.717) is 12.3 Å². The lowest BCUT2D eigenvalue weighted by Crippen LogP contribution is -2.26. The van der Waals surface area contributed by atoms with Gasteiger partial charge in [-0.3, -0.25) is 0 Å². The van der Waals surface area contributed by atoms with E-state index in [1.54, 1.807) is 29.7 Å². The Morgan fingerprint density at radius 3 is 2.82 bits per heavy atom. The van der Waals surface area contributed by atoms with E-state index in [-0.39, 0.29) is 0 Å². The topological polar surface area (TPSA) is 51.2 Å². The average molecular weight is 248 g/mol. The summed E-state index contributed by atoms with van der Waals surface area (Å²) in [5, 5.41) is 3.52. The van der Waals surface area contributed by atoms with Crippen LogP contribution in [-0.4, -0.2) is 11.1 Å². The average Bonchev–Trinajstić information content (AvgIpc) is 2.74. The van der Waals surface area contributed by atoms with Crippen LogP contribution < -0.4 is 10.1 Å². The minimum atomic E-state index is -0.468. The van der Waals surface area contributed by atoms with E-state index in [2.05, 4.69) is 10.3 Å². The molecule has 1 heterocycles. The van der Waals surface area contributed by atoms with Crippen molar-refractivity contribution < 1.29 is 9.53 Å². The van der Waals surface area contributed by atoms with Gasteiger partial charge in [-0.2, -0.15) is 0 Å². The fourth-order valence-electron chi connectivity index (χ4n) is 1.26. The lowest BCUT2D eigenvalue weighted by molar-refractivity contribution is 0.200. The summed E-state index contributed by atoms with van der Waals surface area (Å²) in [6.07, 6.45) is 1.31. The highest BCUT2D eigenvalue weighted by Gasteiger charge is 2.05. The highest BCUT2D eigenvalue weighted by atomic mass is 32.1. The van der Waals surface area contributed by atoms with Gasteiger partial charge < -0.3 is 10.1 Å². The number of rotatable bonds is 3. The normalized spacial score (nSPS) is 9.94. The molecule has 17 heavy (non-hydrogen) atoms. The second-order valence-electron chi connectivity index (χ2n) is 3.42. The molecule has 2 aromatic rings. The summed E-state index contributed by atoms with van der Waals surface area (Å²) < 4.78 is 5.07. The zero-order valence-corrected chi connectivity index (χ0v) is 10.2. The highest BCUT2D eigenvalue weighted by Crippen LogP contribution is 2.11. The fraction of sp³-hybridized carbons (Fsp3) is 0.167. The van der Waals surface area contributed by atoms with Gasteiger partial charge in [-0.15, -0.1) is 11.3 Å². The number of ether oxygens (including phenoxy) is 1. The highest BCUT2D eigenvalue weighted by molar-refractivity contribution is 7.11. The molecule has 4 nitrogen and oxygen atoms in total. The molecule has 0 atom stereocenters. The van der Waals surface area contributed by atoms with E-state index in [4.69, 9.17) is 4.74 Å². The Kier molecular flexibility index (Phi) is 3.72. The van der Waals surface area contributed by atoms with Gasteiger partial charge in [0.2, 0.25) is 0 Å². The molecule has 1 aromatic heterocycles. The van der Waals surface area contributed by atoms with Crippen LogP contribution in [0.1, 0.15) is 9.88 Å². The van der Waals surface area contributed by atoms with Crippen molar-refractivity contribution in [2.75, 3.05) is 0 Å². The minimum absolute atomic E-state index is 0.393. The number of carbonyl (C=O) groups is 1. The molecule has 0 bridgehead atoms. The number of para-hydroxylation sites is 1. The molecular formula is C12H12N2O2S. The Bertz CT molecular complexity index is 496. The molecule has 1 N–H and O–H groups in total. The zero-order valence-electron chi connectivity index (χ0n) is 9.34. The number of nitrogens with one attached hydrogen (secondary N) is 1. The van der Waals surface area contributed by atoms with E-state index >= 15 is 0 Å². The van der Waals surface area contributed by atoms with Crippen LogP contribution >= 0.6 is 11.3 Å². The number of benzene rings is 1. The Balaban J connectivity index is 1.82. The first-order valence-corrected chi connectivity index (χ1v) is 5.98. The predicted octanol–water partition coefficient (Wildman–Crippen LogP) is 2.74.